The van der Waals surface area contributed by atoms with Crippen molar-refractivity contribution in [2.24, 2.45) is 5.92 Å². The third kappa shape index (κ3) is 5.18. The molecule has 0 atom stereocenters. The van der Waals surface area contributed by atoms with E-state index in [0.717, 1.165) is 0 Å². The fraction of sp³-hybridized carbons (Fsp3) is 0.579. The summed E-state index contributed by atoms with van der Waals surface area (Å²) in [5.41, 5.74) is 0.301. The van der Waals surface area contributed by atoms with Crippen LogP contribution in [0, 0.1) is 11.7 Å². The van der Waals surface area contributed by atoms with Crippen molar-refractivity contribution in [3.8, 4) is 5.75 Å². The number of halogens is 1. The largest absolute Gasteiger partial charge is 0.488 e. The Kier molecular flexibility index (Phi) is 6.39. The van der Waals surface area contributed by atoms with Gasteiger partial charge in [-0.25, -0.2) is 4.39 Å². The Morgan fingerprint density at radius 3 is 2.20 bits per heavy atom. The molecule has 0 unspecified atom stereocenters. The van der Waals surface area contributed by atoms with Crippen LogP contribution in [0.2, 0.25) is 0 Å². The molecule has 0 spiro atoms. The fourth-order valence-corrected chi connectivity index (χ4v) is 2.80. The maximum Gasteiger partial charge on any atom is 0.254 e. The van der Waals surface area contributed by atoms with Gasteiger partial charge in [-0.1, -0.05) is 13.8 Å². The van der Waals surface area contributed by atoms with E-state index >= 15 is 0 Å². The highest BCUT2D eigenvalue weighted by Crippen LogP contribution is 2.21. The molecule has 1 aliphatic rings. The molecule has 2 rings (SSSR count). The van der Waals surface area contributed by atoms with Crippen LogP contribution in [0.25, 0.3) is 0 Å². The molecule has 0 aliphatic carbocycles. The summed E-state index contributed by atoms with van der Waals surface area (Å²) >= 11 is 0. The number of rotatable bonds is 5. The molecule has 1 heterocycles. The van der Waals surface area contributed by atoms with E-state index in [1.54, 1.807) is 15.9 Å². The Morgan fingerprint density at radius 1 is 1.08 bits per heavy atom. The molecule has 0 bridgehead atoms. The second kappa shape index (κ2) is 8.32. The van der Waals surface area contributed by atoms with Crippen molar-refractivity contribution in [2.75, 3.05) is 26.2 Å². The molecular formula is C19H27FN2O3. The zero-order valence-corrected chi connectivity index (χ0v) is 15.4. The lowest BCUT2D eigenvalue weighted by Crippen LogP contribution is -2.50. The molecule has 0 saturated carbocycles. The van der Waals surface area contributed by atoms with Crippen LogP contribution in [0.3, 0.4) is 0 Å². The summed E-state index contributed by atoms with van der Waals surface area (Å²) in [6.07, 6.45) is 0.392. The number of ether oxygens (including phenoxy) is 1. The van der Waals surface area contributed by atoms with E-state index in [2.05, 4.69) is 0 Å². The lowest BCUT2D eigenvalue weighted by atomic mass is 10.1. The molecule has 0 radical (unpaired) electrons. The summed E-state index contributed by atoms with van der Waals surface area (Å²) in [5.74, 6) is -0.156. The quantitative estimate of drug-likeness (QED) is 0.820. The first kappa shape index (κ1) is 19.2. The van der Waals surface area contributed by atoms with Crippen LogP contribution in [-0.4, -0.2) is 53.9 Å². The van der Waals surface area contributed by atoms with Crippen molar-refractivity contribution >= 4 is 11.8 Å². The van der Waals surface area contributed by atoms with E-state index in [-0.39, 0.29) is 23.7 Å². The summed E-state index contributed by atoms with van der Waals surface area (Å²) in [7, 11) is 0. The molecule has 0 aromatic heterocycles. The van der Waals surface area contributed by atoms with Crippen LogP contribution in [0.5, 0.6) is 5.75 Å². The number of nitrogens with zero attached hydrogens (tertiary/aromatic N) is 2. The topological polar surface area (TPSA) is 49.9 Å². The van der Waals surface area contributed by atoms with Gasteiger partial charge in [-0.05, 0) is 38.0 Å². The molecule has 138 valence electrons. The van der Waals surface area contributed by atoms with Gasteiger partial charge in [0.05, 0.1) is 6.10 Å². The predicted molar refractivity (Wildman–Crippen MR) is 94.1 cm³/mol. The van der Waals surface area contributed by atoms with Crippen molar-refractivity contribution < 1.29 is 18.7 Å². The molecular weight excluding hydrogens is 323 g/mol. The maximum absolute atomic E-state index is 14.1. The van der Waals surface area contributed by atoms with Gasteiger partial charge in [0.2, 0.25) is 5.91 Å². The first-order valence-corrected chi connectivity index (χ1v) is 8.81. The van der Waals surface area contributed by atoms with Crippen molar-refractivity contribution in [3.63, 3.8) is 0 Å². The number of amides is 2. The third-order valence-corrected chi connectivity index (χ3v) is 4.04. The Balaban J connectivity index is 1.96. The molecule has 1 saturated heterocycles. The molecule has 5 nitrogen and oxygen atoms in total. The highest BCUT2D eigenvalue weighted by Gasteiger charge is 2.25. The Hall–Kier alpha value is -2.11. The molecule has 25 heavy (non-hydrogen) atoms. The molecule has 2 amide bonds. The minimum absolute atomic E-state index is 0.128. The van der Waals surface area contributed by atoms with Crippen molar-refractivity contribution in [1.82, 2.24) is 9.80 Å². The summed E-state index contributed by atoms with van der Waals surface area (Å²) < 4.78 is 19.4. The average molecular weight is 350 g/mol. The van der Waals surface area contributed by atoms with Crippen molar-refractivity contribution in [2.45, 2.75) is 40.2 Å². The summed E-state index contributed by atoms with van der Waals surface area (Å²) in [6, 6.07) is 4.29. The van der Waals surface area contributed by atoms with Gasteiger partial charge in [0, 0.05) is 38.2 Å². The standard InChI is InChI=1S/C19H27FN2O3/c1-13(2)11-18(23)21-7-9-22(10-8-21)19(24)15-5-6-17(16(20)12-15)25-14(3)4/h5-6,12-14H,7-11H2,1-4H3. The lowest BCUT2D eigenvalue weighted by Gasteiger charge is -2.35. The van der Waals surface area contributed by atoms with Gasteiger partial charge in [-0.15, -0.1) is 0 Å². The smallest absolute Gasteiger partial charge is 0.254 e. The SMILES string of the molecule is CC(C)CC(=O)N1CCN(C(=O)c2ccc(OC(C)C)c(F)c2)CC1. The van der Waals surface area contributed by atoms with Gasteiger partial charge in [-0.3, -0.25) is 9.59 Å². The van der Waals surface area contributed by atoms with Gasteiger partial charge in [-0.2, -0.15) is 0 Å². The molecule has 1 aromatic rings. The Bertz CT molecular complexity index is 623. The summed E-state index contributed by atoms with van der Waals surface area (Å²) in [5, 5.41) is 0. The first-order valence-electron chi connectivity index (χ1n) is 8.81. The highest BCUT2D eigenvalue weighted by molar-refractivity contribution is 5.94. The number of benzene rings is 1. The van der Waals surface area contributed by atoms with Gasteiger partial charge in [0.15, 0.2) is 11.6 Å². The van der Waals surface area contributed by atoms with E-state index in [1.165, 1.54) is 12.1 Å². The first-order chi connectivity index (χ1) is 11.8. The van der Waals surface area contributed by atoms with Crippen LogP contribution in [-0.2, 0) is 4.79 Å². The van der Waals surface area contributed by atoms with E-state index < -0.39 is 5.82 Å². The normalized spacial score (nSPS) is 15.0. The van der Waals surface area contributed by atoms with Crippen LogP contribution in [0.1, 0.15) is 44.5 Å². The Labute approximate surface area is 148 Å². The third-order valence-electron chi connectivity index (χ3n) is 4.04. The summed E-state index contributed by atoms with van der Waals surface area (Å²) in [6.45, 7) is 9.64. The number of piperazine rings is 1. The van der Waals surface area contributed by atoms with Gasteiger partial charge < -0.3 is 14.5 Å². The van der Waals surface area contributed by atoms with Crippen LogP contribution >= 0.6 is 0 Å². The number of hydrogen-bond donors (Lipinski definition) is 0. The average Bonchev–Trinajstić information content (AvgIpc) is 2.55. The van der Waals surface area contributed by atoms with Gasteiger partial charge in [0.25, 0.3) is 5.91 Å². The van der Waals surface area contributed by atoms with E-state index in [9.17, 15) is 14.0 Å². The van der Waals surface area contributed by atoms with E-state index in [0.29, 0.717) is 44.1 Å². The molecule has 6 heteroatoms. The monoisotopic (exact) mass is 350 g/mol. The second-order valence-corrected chi connectivity index (χ2v) is 7.08. The lowest BCUT2D eigenvalue weighted by molar-refractivity contribution is -0.133. The second-order valence-electron chi connectivity index (χ2n) is 7.08. The van der Waals surface area contributed by atoms with Crippen molar-refractivity contribution in [3.05, 3.63) is 29.6 Å². The molecule has 1 fully saturated rings. The minimum atomic E-state index is -0.537. The zero-order chi connectivity index (χ0) is 18.6. The van der Waals surface area contributed by atoms with Crippen LogP contribution in [0.4, 0.5) is 4.39 Å². The van der Waals surface area contributed by atoms with Crippen LogP contribution < -0.4 is 4.74 Å². The van der Waals surface area contributed by atoms with E-state index in [1.807, 2.05) is 27.7 Å². The Morgan fingerprint density at radius 2 is 1.68 bits per heavy atom. The van der Waals surface area contributed by atoms with Crippen molar-refractivity contribution in [1.29, 1.82) is 0 Å². The zero-order valence-electron chi connectivity index (χ0n) is 15.4. The van der Waals surface area contributed by atoms with Crippen LogP contribution in [0.15, 0.2) is 18.2 Å². The number of hydrogen-bond acceptors (Lipinski definition) is 3. The summed E-state index contributed by atoms with van der Waals surface area (Å²) in [4.78, 5) is 28.1. The van der Waals surface area contributed by atoms with E-state index in [4.69, 9.17) is 4.74 Å². The fourth-order valence-electron chi connectivity index (χ4n) is 2.80. The highest BCUT2D eigenvalue weighted by atomic mass is 19.1. The minimum Gasteiger partial charge on any atom is -0.488 e. The maximum atomic E-state index is 14.1. The molecule has 1 aromatic carbocycles. The van der Waals surface area contributed by atoms with Gasteiger partial charge >= 0.3 is 0 Å². The number of carbonyl (C=O) groups is 2. The molecule has 0 N–H and O–H groups in total. The molecule has 1 aliphatic heterocycles. The van der Waals surface area contributed by atoms with Gasteiger partial charge in [0.1, 0.15) is 0 Å². The predicted octanol–water partition coefficient (Wildman–Crippen LogP) is 2.94. The number of carbonyl (C=O) groups excluding carboxylic acids is 2.